The van der Waals surface area contributed by atoms with Gasteiger partial charge in [0.2, 0.25) is 0 Å². The number of hydrogen-bond acceptors (Lipinski definition) is 2. The van der Waals surface area contributed by atoms with E-state index in [4.69, 9.17) is 11.6 Å². The summed E-state index contributed by atoms with van der Waals surface area (Å²) in [5.74, 6) is -0.0516. The number of hydrazine groups is 1. The van der Waals surface area contributed by atoms with E-state index in [1.807, 2.05) is 60.5 Å². The maximum Gasteiger partial charge on any atom is 0.267 e. The van der Waals surface area contributed by atoms with E-state index in [-0.39, 0.29) is 5.91 Å². The Morgan fingerprint density at radius 2 is 1.64 bits per heavy atom. The Labute approximate surface area is 170 Å². The zero-order valence-electron chi connectivity index (χ0n) is 16.0. The van der Waals surface area contributed by atoms with Gasteiger partial charge in [0.25, 0.3) is 5.91 Å². The number of rotatable bonds is 4. The van der Waals surface area contributed by atoms with Gasteiger partial charge in [-0.2, -0.15) is 0 Å². The highest BCUT2D eigenvalue weighted by molar-refractivity contribution is 6.30. The quantitative estimate of drug-likeness (QED) is 0.658. The fourth-order valence-corrected chi connectivity index (χ4v) is 3.92. The summed E-state index contributed by atoms with van der Waals surface area (Å²) in [6.45, 7) is 3.81. The van der Waals surface area contributed by atoms with Crippen LogP contribution in [-0.4, -0.2) is 28.6 Å². The fraction of sp³-hybridized carbons (Fsp3) is 0.261. The van der Waals surface area contributed by atoms with Gasteiger partial charge in [-0.25, -0.2) is 5.01 Å². The van der Waals surface area contributed by atoms with Gasteiger partial charge in [-0.05, 0) is 55.7 Å². The van der Waals surface area contributed by atoms with Gasteiger partial charge in [0.05, 0.1) is 11.3 Å². The molecule has 0 unspecified atom stereocenters. The van der Waals surface area contributed by atoms with Crippen LogP contribution >= 0.6 is 11.6 Å². The van der Waals surface area contributed by atoms with Crippen molar-refractivity contribution in [2.45, 2.75) is 26.2 Å². The van der Waals surface area contributed by atoms with Gasteiger partial charge < -0.3 is 4.57 Å². The van der Waals surface area contributed by atoms with E-state index >= 15 is 0 Å². The molecule has 2 aromatic carbocycles. The van der Waals surface area contributed by atoms with Crippen LogP contribution in [0.4, 0.5) is 0 Å². The Bertz CT molecular complexity index is 958. The van der Waals surface area contributed by atoms with Crippen LogP contribution in [0.15, 0.2) is 60.7 Å². The minimum absolute atomic E-state index is 0.0516. The zero-order chi connectivity index (χ0) is 19.5. The first kappa shape index (κ1) is 18.8. The van der Waals surface area contributed by atoms with E-state index in [1.165, 1.54) is 6.42 Å². The predicted molar refractivity (Wildman–Crippen MR) is 114 cm³/mol. The average molecular weight is 394 g/mol. The van der Waals surface area contributed by atoms with Crippen LogP contribution < -0.4 is 5.43 Å². The van der Waals surface area contributed by atoms with Gasteiger partial charge in [0.15, 0.2) is 0 Å². The third-order valence-corrected chi connectivity index (χ3v) is 5.51. The van der Waals surface area contributed by atoms with Crippen LogP contribution in [0.3, 0.4) is 0 Å². The predicted octanol–water partition coefficient (Wildman–Crippen LogP) is 5.24. The summed E-state index contributed by atoms with van der Waals surface area (Å²) < 4.78 is 2.12. The topological polar surface area (TPSA) is 37.3 Å². The molecule has 1 saturated heterocycles. The standard InChI is InChI=1S/C23H24ClN3O/c1-17-21(23(28)25-26-14-6-3-7-15-26)16-22(18-8-4-2-5-9-18)27(17)20-12-10-19(24)11-13-20/h2,4-5,8-13,16H,3,6-7,14-15H2,1H3,(H,25,28). The molecule has 1 amide bonds. The summed E-state index contributed by atoms with van der Waals surface area (Å²) in [5, 5.41) is 2.73. The summed E-state index contributed by atoms with van der Waals surface area (Å²) >= 11 is 6.08. The van der Waals surface area contributed by atoms with Gasteiger partial charge >= 0.3 is 0 Å². The highest BCUT2D eigenvalue weighted by atomic mass is 35.5. The molecule has 3 aromatic rings. The Balaban J connectivity index is 1.75. The number of nitrogens with one attached hydrogen (secondary N) is 1. The van der Waals surface area contributed by atoms with Gasteiger partial charge in [0, 0.05) is 29.5 Å². The third kappa shape index (κ3) is 3.84. The van der Waals surface area contributed by atoms with Crippen molar-refractivity contribution >= 4 is 17.5 Å². The summed E-state index contributed by atoms with van der Waals surface area (Å²) in [7, 11) is 0. The molecule has 4 rings (SSSR count). The Morgan fingerprint density at radius 1 is 0.964 bits per heavy atom. The number of halogens is 1. The number of benzene rings is 2. The second-order valence-electron chi connectivity index (χ2n) is 7.20. The molecule has 0 spiro atoms. The molecule has 0 saturated carbocycles. The molecule has 144 valence electrons. The van der Waals surface area contributed by atoms with Gasteiger partial charge in [-0.3, -0.25) is 10.2 Å². The number of carbonyl (C=O) groups excluding carboxylic acids is 1. The lowest BCUT2D eigenvalue weighted by molar-refractivity contribution is 0.0749. The molecule has 5 heteroatoms. The largest absolute Gasteiger partial charge is 0.313 e. The van der Waals surface area contributed by atoms with E-state index in [0.717, 1.165) is 48.6 Å². The number of aromatic nitrogens is 1. The van der Waals surface area contributed by atoms with Crippen molar-refractivity contribution < 1.29 is 4.79 Å². The molecule has 1 fully saturated rings. The molecule has 0 aliphatic carbocycles. The van der Waals surface area contributed by atoms with Crippen molar-refractivity contribution in [1.29, 1.82) is 0 Å². The lowest BCUT2D eigenvalue weighted by Gasteiger charge is -2.26. The molecule has 1 aromatic heterocycles. The van der Waals surface area contributed by atoms with Gasteiger partial charge in [-0.15, -0.1) is 0 Å². The van der Waals surface area contributed by atoms with Crippen molar-refractivity contribution in [2.24, 2.45) is 0 Å². The van der Waals surface area contributed by atoms with Crippen LogP contribution in [0.1, 0.15) is 35.3 Å². The molecule has 1 aliphatic rings. The van der Waals surface area contributed by atoms with Crippen LogP contribution in [0, 0.1) is 6.92 Å². The average Bonchev–Trinajstić information content (AvgIpc) is 3.07. The van der Waals surface area contributed by atoms with Gasteiger partial charge in [0.1, 0.15) is 0 Å². The highest BCUT2D eigenvalue weighted by Crippen LogP contribution is 2.30. The summed E-state index contributed by atoms with van der Waals surface area (Å²) in [5.41, 5.74) is 7.74. The smallest absolute Gasteiger partial charge is 0.267 e. The molecule has 28 heavy (non-hydrogen) atoms. The van der Waals surface area contributed by atoms with Crippen LogP contribution in [-0.2, 0) is 0 Å². The molecule has 0 radical (unpaired) electrons. The Hall–Kier alpha value is -2.56. The number of amides is 1. The Morgan fingerprint density at radius 3 is 2.32 bits per heavy atom. The van der Waals surface area contributed by atoms with Crippen molar-refractivity contribution in [3.05, 3.63) is 76.9 Å². The summed E-state index contributed by atoms with van der Waals surface area (Å²) in [6, 6.07) is 19.8. The third-order valence-electron chi connectivity index (χ3n) is 5.26. The monoisotopic (exact) mass is 393 g/mol. The second-order valence-corrected chi connectivity index (χ2v) is 7.63. The van der Waals surface area contributed by atoms with Crippen LogP contribution in [0.2, 0.25) is 5.02 Å². The zero-order valence-corrected chi connectivity index (χ0v) is 16.7. The van der Waals surface area contributed by atoms with E-state index in [9.17, 15) is 4.79 Å². The fourth-order valence-electron chi connectivity index (χ4n) is 3.79. The first-order valence-electron chi connectivity index (χ1n) is 9.73. The molecular weight excluding hydrogens is 370 g/mol. The van der Waals surface area contributed by atoms with E-state index < -0.39 is 0 Å². The van der Waals surface area contributed by atoms with Crippen LogP contribution in [0.25, 0.3) is 16.9 Å². The first-order valence-corrected chi connectivity index (χ1v) is 10.1. The number of hydrogen-bond donors (Lipinski definition) is 1. The maximum atomic E-state index is 13.0. The van der Waals surface area contributed by atoms with Crippen molar-refractivity contribution in [3.8, 4) is 16.9 Å². The molecule has 4 nitrogen and oxygen atoms in total. The molecule has 1 N–H and O–H groups in total. The molecule has 2 heterocycles. The summed E-state index contributed by atoms with van der Waals surface area (Å²) in [4.78, 5) is 13.0. The first-order chi connectivity index (χ1) is 13.6. The summed E-state index contributed by atoms with van der Waals surface area (Å²) in [6.07, 6.45) is 3.48. The SMILES string of the molecule is Cc1c(C(=O)NN2CCCCC2)cc(-c2ccccc2)n1-c1ccc(Cl)cc1. The molecule has 1 aliphatic heterocycles. The Kier molecular flexibility index (Phi) is 5.51. The van der Waals surface area contributed by atoms with E-state index in [2.05, 4.69) is 22.1 Å². The number of nitrogens with zero attached hydrogens (tertiary/aromatic N) is 2. The number of carbonyl (C=O) groups is 1. The van der Waals surface area contributed by atoms with E-state index in [0.29, 0.717) is 10.6 Å². The van der Waals surface area contributed by atoms with Crippen molar-refractivity contribution in [2.75, 3.05) is 13.1 Å². The normalized spacial score (nSPS) is 14.8. The number of piperidine rings is 1. The lowest BCUT2D eigenvalue weighted by atomic mass is 10.1. The molecular formula is C23H24ClN3O. The molecule has 0 bridgehead atoms. The van der Waals surface area contributed by atoms with E-state index in [1.54, 1.807) is 0 Å². The maximum absolute atomic E-state index is 13.0. The minimum Gasteiger partial charge on any atom is -0.313 e. The second kappa shape index (κ2) is 8.21. The van der Waals surface area contributed by atoms with Crippen molar-refractivity contribution in [3.63, 3.8) is 0 Å². The highest BCUT2D eigenvalue weighted by Gasteiger charge is 2.21. The lowest BCUT2D eigenvalue weighted by Crippen LogP contribution is -2.45. The van der Waals surface area contributed by atoms with Crippen LogP contribution in [0.5, 0.6) is 0 Å². The van der Waals surface area contributed by atoms with Crippen molar-refractivity contribution in [1.82, 2.24) is 15.0 Å². The van der Waals surface area contributed by atoms with Gasteiger partial charge in [-0.1, -0.05) is 48.4 Å². The molecule has 0 atom stereocenters. The minimum atomic E-state index is -0.0516.